The number of methoxy groups -OCH3 is 6. The summed E-state index contributed by atoms with van der Waals surface area (Å²) < 4.78 is 31.8. The summed E-state index contributed by atoms with van der Waals surface area (Å²) in [5.74, 6) is 3.50. The molecule has 0 aromatic heterocycles. The third kappa shape index (κ3) is 20.8. The van der Waals surface area contributed by atoms with Gasteiger partial charge in [0.15, 0.2) is 5.75 Å². The Labute approximate surface area is 440 Å². The molecule has 352 valence electrons. The van der Waals surface area contributed by atoms with Crippen molar-refractivity contribution in [1.82, 2.24) is 0 Å². The zero-order chi connectivity index (χ0) is 49.6. The minimum atomic E-state index is -1.49. The molecular formula is C42H39BBr4Cl6O12. The number of phenols is 4. The van der Waals surface area contributed by atoms with Crippen molar-refractivity contribution in [2.75, 3.05) is 42.7 Å². The second-order valence-electron chi connectivity index (χ2n) is 11.7. The van der Waals surface area contributed by atoms with Crippen LogP contribution in [0, 0.1) is 0 Å². The van der Waals surface area contributed by atoms with Gasteiger partial charge in [0.25, 0.3) is 0 Å². The van der Waals surface area contributed by atoms with E-state index in [1.165, 1.54) is 78.0 Å². The first-order valence-electron chi connectivity index (χ1n) is 17.4. The van der Waals surface area contributed by atoms with Crippen molar-refractivity contribution < 1.29 is 58.9 Å². The maximum atomic E-state index is 9.41. The van der Waals surface area contributed by atoms with E-state index in [9.17, 15) is 10.2 Å². The van der Waals surface area contributed by atoms with Crippen molar-refractivity contribution in [3.8, 4) is 57.5 Å². The van der Waals surface area contributed by atoms with Crippen molar-refractivity contribution in [2.24, 2.45) is 0 Å². The van der Waals surface area contributed by atoms with Gasteiger partial charge in [0.05, 0.1) is 81.7 Å². The normalized spacial score (nSPS) is 9.63. The molecule has 0 aliphatic carbocycles. The van der Waals surface area contributed by atoms with Gasteiger partial charge in [-0.15, -0.1) is 0 Å². The highest BCUT2D eigenvalue weighted by atomic mass is 79.9. The van der Waals surface area contributed by atoms with Crippen LogP contribution in [0.25, 0.3) is 0 Å². The second-order valence-corrected chi connectivity index (χ2v) is 17.5. The van der Waals surface area contributed by atoms with Crippen molar-refractivity contribution >= 4 is 146 Å². The average Bonchev–Trinajstić information content (AvgIpc) is 3.28. The first kappa shape index (κ1) is 60.0. The van der Waals surface area contributed by atoms with Gasteiger partial charge in [0.2, 0.25) is 0 Å². The molecule has 6 aromatic carbocycles. The van der Waals surface area contributed by atoms with Gasteiger partial charge >= 0.3 is 7.12 Å². The van der Waals surface area contributed by atoms with Gasteiger partial charge in [-0.1, -0.05) is 91.6 Å². The standard InChI is InChI=1S/C7H8BClO3.C7H5Br2ClO2.C7H6BrClO2.C7H6BrClO.2C7H7ClO2/c1-12-7-4-5(8(10)11)2-3-6(7)9;1-12-7-4(10)2-3(8)6(11)5(7)9;1-11-7-3-6(10)4(8)2-5(7)9;1-10-7-4-5(8)2-3-6(7)9;2*1-10-7-4-5(9)2-3-6(7)8/h2-4,10-11H,1H3;2,11H,1H3;2-3,10H,1H3;2-4H,1H3;2*2-4,9H,1H3. The molecule has 0 saturated carbocycles. The number of aromatic hydroxyl groups is 4. The fourth-order valence-corrected chi connectivity index (χ4v) is 7.84. The molecule has 0 aliphatic rings. The molecular weight excluding hydrogens is 1240 g/mol. The van der Waals surface area contributed by atoms with E-state index >= 15 is 0 Å². The first-order valence-corrected chi connectivity index (χ1v) is 22.9. The van der Waals surface area contributed by atoms with E-state index in [0.29, 0.717) is 83.5 Å². The minimum Gasteiger partial charge on any atom is -0.508 e. The lowest BCUT2D eigenvalue weighted by molar-refractivity contribution is 0.403. The summed E-state index contributed by atoms with van der Waals surface area (Å²) in [5.41, 5.74) is 0.358. The second kappa shape index (κ2) is 31.1. The van der Waals surface area contributed by atoms with Crippen LogP contribution in [-0.2, 0) is 0 Å². The van der Waals surface area contributed by atoms with E-state index in [1.54, 1.807) is 43.5 Å². The summed E-state index contributed by atoms with van der Waals surface area (Å²) in [6.07, 6.45) is 0. The number of benzene rings is 6. The van der Waals surface area contributed by atoms with Crippen LogP contribution in [0.2, 0.25) is 30.1 Å². The van der Waals surface area contributed by atoms with Gasteiger partial charge in [-0.2, -0.15) is 0 Å². The maximum absolute atomic E-state index is 9.41. The lowest BCUT2D eigenvalue weighted by Crippen LogP contribution is -2.29. The van der Waals surface area contributed by atoms with Gasteiger partial charge in [0, 0.05) is 22.7 Å². The molecule has 0 heterocycles. The molecule has 0 unspecified atom stereocenters. The van der Waals surface area contributed by atoms with Gasteiger partial charge in [-0.3, -0.25) is 0 Å². The molecule has 12 nitrogen and oxygen atoms in total. The topological polar surface area (TPSA) is 177 Å². The molecule has 0 bridgehead atoms. The summed E-state index contributed by atoms with van der Waals surface area (Å²) in [6, 6.07) is 23.7. The van der Waals surface area contributed by atoms with Crippen LogP contribution < -0.4 is 33.9 Å². The van der Waals surface area contributed by atoms with E-state index in [0.717, 1.165) is 4.47 Å². The molecule has 0 amide bonds. The monoisotopic (exact) mass is 1270 g/mol. The van der Waals surface area contributed by atoms with E-state index in [-0.39, 0.29) is 23.0 Å². The molecule has 65 heavy (non-hydrogen) atoms. The fourth-order valence-electron chi connectivity index (χ4n) is 4.19. The molecule has 23 heteroatoms. The highest BCUT2D eigenvalue weighted by Gasteiger charge is 2.14. The smallest absolute Gasteiger partial charge is 0.488 e. The van der Waals surface area contributed by atoms with Crippen LogP contribution in [0.5, 0.6) is 57.5 Å². The zero-order valence-electron chi connectivity index (χ0n) is 34.7. The SMILES string of the molecule is COc1c(Cl)cc(Br)c(O)c1Br.COc1cc(B(O)O)ccc1Cl.COc1cc(Br)ccc1Cl.COc1cc(O)c(Br)cc1Cl.COc1cc(O)ccc1Cl.COc1cc(O)ccc1Cl. The first-order chi connectivity index (χ1) is 30.6. The van der Waals surface area contributed by atoms with Crippen LogP contribution in [0.4, 0.5) is 0 Å². The third-order valence-electron chi connectivity index (χ3n) is 7.39. The zero-order valence-corrected chi connectivity index (χ0v) is 45.5. The highest BCUT2D eigenvalue weighted by Crippen LogP contribution is 2.44. The fraction of sp³-hybridized carbons (Fsp3) is 0.143. The van der Waals surface area contributed by atoms with E-state index in [1.807, 2.05) is 12.1 Å². The van der Waals surface area contributed by atoms with Crippen LogP contribution in [0.3, 0.4) is 0 Å². The molecule has 0 fully saturated rings. The number of ether oxygens (including phenoxy) is 6. The Morgan fingerprint density at radius 2 is 0.800 bits per heavy atom. The summed E-state index contributed by atoms with van der Waals surface area (Å²) in [4.78, 5) is 0. The molecule has 6 rings (SSSR count). The van der Waals surface area contributed by atoms with Crippen molar-refractivity contribution in [1.29, 1.82) is 0 Å². The summed E-state index contributed by atoms with van der Waals surface area (Å²) >= 11 is 47.0. The molecule has 0 spiro atoms. The Hall–Kier alpha value is -3.04. The number of hydrogen-bond donors (Lipinski definition) is 6. The maximum Gasteiger partial charge on any atom is 0.488 e. The predicted molar refractivity (Wildman–Crippen MR) is 275 cm³/mol. The Morgan fingerprint density at radius 3 is 1.20 bits per heavy atom. The van der Waals surface area contributed by atoms with Gasteiger partial charge in [-0.25, -0.2) is 0 Å². The Bertz CT molecular complexity index is 2320. The molecule has 0 atom stereocenters. The third-order valence-corrected chi connectivity index (χ3v) is 11.7. The van der Waals surface area contributed by atoms with Crippen LogP contribution >= 0.6 is 133 Å². The van der Waals surface area contributed by atoms with Crippen molar-refractivity contribution in [3.05, 3.63) is 139 Å². The van der Waals surface area contributed by atoms with E-state index < -0.39 is 7.12 Å². The largest absolute Gasteiger partial charge is 0.508 e. The van der Waals surface area contributed by atoms with Gasteiger partial charge < -0.3 is 58.9 Å². The number of rotatable bonds is 7. The van der Waals surface area contributed by atoms with Crippen molar-refractivity contribution in [3.63, 3.8) is 0 Å². The Morgan fingerprint density at radius 1 is 0.415 bits per heavy atom. The minimum absolute atomic E-state index is 0.0799. The van der Waals surface area contributed by atoms with E-state index in [2.05, 4.69) is 63.7 Å². The summed E-state index contributed by atoms with van der Waals surface area (Å²) in [5, 5.41) is 57.0. The molecule has 0 radical (unpaired) electrons. The summed E-state index contributed by atoms with van der Waals surface area (Å²) in [7, 11) is 7.55. The summed E-state index contributed by atoms with van der Waals surface area (Å²) in [6.45, 7) is 0. The quantitative estimate of drug-likeness (QED) is 0.0836. The molecule has 0 aliphatic heterocycles. The van der Waals surface area contributed by atoms with Crippen LogP contribution in [0.15, 0.2) is 109 Å². The number of halogens is 10. The number of phenolic OH excluding ortho intramolecular Hbond substituents is 4. The van der Waals surface area contributed by atoms with E-state index in [4.69, 9.17) is 118 Å². The Balaban J connectivity index is 0.000000391. The van der Waals surface area contributed by atoms with Gasteiger partial charge in [0.1, 0.15) is 56.2 Å². The van der Waals surface area contributed by atoms with Crippen LogP contribution in [-0.4, -0.2) is 80.3 Å². The Kier molecular flexibility index (Phi) is 28.7. The van der Waals surface area contributed by atoms with Gasteiger partial charge in [-0.05, 0) is 120 Å². The molecule has 6 N–H and O–H groups in total. The average molecular weight is 1280 g/mol. The van der Waals surface area contributed by atoms with Crippen LogP contribution in [0.1, 0.15) is 0 Å². The number of hydrogen-bond acceptors (Lipinski definition) is 12. The lowest BCUT2D eigenvalue weighted by Gasteiger charge is -2.08. The highest BCUT2D eigenvalue weighted by molar-refractivity contribution is 9.11. The lowest BCUT2D eigenvalue weighted by atomic mass is 9.80. The predicted octanol–water partition coefficient (Wildman–Crippen LogP) is 13.6. The molecule has 0 saturated heterocycles. The van der Waals surface area contributed by atoms with Crippen molar-refractivity contribution in [2.45, 2.75) is 0 Å². The molecule has 6 aromatic rings.